The summed E-state index contributed by atoms with van der Waals surface area (Å²) in [6, 6.07) is 71.7. The zero-order valence-electron chi connectivity index (χ0n) is 30.9. The van der Waals surface area contributed by atoms with Crippen molar-refractivity contribution in [2.45, 2.75) is 31.6 Å². The lowest BCUT2D eigenvalue weighted by Gasteiger charge is -2.32. The maximum atomic E-state index is 2.49. The number of hydrogen-bond acceptors (Lipinski definition) is 1. The van der Waals surface area contributed by atoms with Crippen LogP contribution in [0, 0.1) is 0 Å². The van der Waals surface area contributed by atoms with Crippen molar-refractivity contribution in [2.24, 2.45) is 0 Å². The molecule has 0 spiro atoms. The molecule has 2 aliphatic carbocycles. The zero-order valence-corrected chi connectivity index (χ0v) is 30.9. The van der Waals surface area contributed by atoms with Gasteiger partial charge in [-0.05, 0) is 104 Å². The minimum absolute atomic E-state index is 0.119. The van der Waals surface area contributed by atoms with Crippen molar-refractivity contribution in [3.63, 3.8) is 0 Å². The van der Waals surface area contributed by atoms with Gasteiger partial charge in [-0.1, -0.05) is 178 Å². The second-order valence-corrected chi connectivity index (χ2v) is 15.4. The molecule has 54 heavy (non-hydrogen) atoms. The molecule has 0 N–H and O–H groups in total. The molecule has 0 saturated heterocycles. The molecule has 0 aliphatic heterocycles. The van der Waals surface area contributed by atoms with Crippen LogP contribution in [0.1, 0.15) is 48.6 Å². The Hall–Kier alpha value is -6.44. The second-order valence-electron chi connectivity index (χ2n) is 15.4. The van der Waals surface area contributed by atoms with Gasteiger partial charge in [0.25, 0.3) is 0 Å². The first-order valence-corrected chi connectivity index (χ1v) is 19.0. The predicted molar refractivity (Wildman–Crippen MR) is 227 cm³/mol. The Morgan fingerprint density at radius 3 is 1.56 bits per heavy atom. The first kappa shape index (κ1) is 32.2. The van der Waals surface area contributed by atoms with Crippen LogP contribution in [0.25, 0.3) is 44.5 Å². The summed E-state index contributed by atoms with van der Waals surface area (Å²) >= 11 is 0. The highest BCUT2D eigenvalue weighted by Gasteiger charge is 2.43. The van der Waals surface area contributed by atoms with Crippen LogP contribution < -0.4 is 4.90 Å². The highest BCUT2D eigenvalue weighted by molar-refractivity contribution is 5.96. The van der Waals surface area contributed by atoms with Crippen LogP contribution in [0.3, 0.4) is 0 Å². The summed E-state index contributed by atoms with van der Waals surface area (Å²) < 4.78 is 0. The Kier molecular flexibility index (Phi) is 7.35. The van der Waals surface area contributed by atoms with E-state index in [-0.39, 0.29) is 10.8 Å². The smallest absolute Gasteiger partial charge is 0.0540 e. The molecular formula is C53H41N. The molecule has 0 saturated carbocycles. The van der Waals surface area contributed by atoms with Crippen LogP contribution in [0.5, 0.6) is 0 Å². The molecule has 258 valence electrons. The van der Waals surface area contributed by atoms with Crippen LogP contribution in [-0.2, 0) is 10.8 Å². The Balaban J connectivity index is 1.23. The van der Waals surface area contributed by atoms with Gasteiger partial charge in [0, 0.05) is 27.8 Å². The van der Waals surface area contributed by atoms with Gasteiger partial charge in [0.2, 0.25) is 0 Å². The third kappa shape index (κ3) is 4.78. The lowest BCUT2D eigenvalue weighted by atomic mass is 9.74. The normalized spacial score (nSPS) is 15.9. The first-order valence-electron chi connectivity index (χ1n) is 19.0. The predicted octanol–water partition coefficient (Wildman–Crippen LogP) is 14.1. The van der Waals surface area contributed by atoms with Gasteiger partial charge in [0.05, 0.1) is 5.69 Å². The highest BCUT2D eigenvalue weighted by Crippen LogP contribution is 2.57. The summed E-state index contributed by atoms with van der Waals surface area (Å²) in [7, 11) is 0. The molecule has 1 heteroatoms. The number of hydrogen-bond donors (Lipinski definition) is 0. The third-order valence-corrected chi connectivity index (χ3v) is 12.2. The average molecular weight is 692 g/mol. The molecule has 8 aromatic carbocycles. The van der Waals surface area contributed by atoms with Gasteiger partial charge < -0.3 is 4.90 Å². The molecule has 10 rings (SSSR count). The summed E-state index contributed by atoms with van der Waals surface area (Å²) in [4.78, 5) is 2.49. The molecule has 0 heterocycles. The van der Waals surface area contributed by atoms with Crippen LogP contribution in [0.4, 0.5) is 17.1 Å². The summed E-state index contributed by atoms with van der Waals surface area (Å²) in [5.74, 6) is 0. The molecule has 1 unspecified atom stereocenters. The van der Waals surface area contributed by atoms with E-state index in [1.165, 1.54) is 72.3 Å². The molecule has 0 radical (unpaired) electrons. The number of rotatable bonds is 6. The molecule has 2 aliphatic rings. The van der Waals surface area contributed by atoms with Crippen LogP contribution in [-0.4, -0.2) is 0 Å². The van der Waals surface area contributed by atoms with Crippen molar-refractivity contribution in [3.8, 4) is 44.5 Å². The van der Waals surface area contributed by atoms with E-state index in [1.54, 1.807) is 0 Å². The Bertz CT molecular complexity index is 2690. The molecule has 0 aromatic heterocycles. The van der Waals surface area contributed by atoms with Gasteiger partial charge in [-0.25, -0.2) is 0 Å². The van der Waals surface area contributed by atoms with E-state index in [4.69, 9.17) is 0 Å². The quantitative estimate of drug-likeness (QED) is 0.168. The fourth-order valence-electron chi connectivity index (χ4n) is 9.44. The maximum absolute atomic E-state index is 2.49. The van der Waals surface area contributed by atoms with Gasteiger partial charge >= 0.3 is 0 Å². The summed E-state index contributed by atoms with van der Waals surface area (Å²) in [6.45, 7) is 7.15. The number of para-hydroxylation sites is 1. The Labute approximate surface area is 318 Å². The van der Waals surface area contributed by atoms with Crippen LogP contribution in [0.2, 0.25) is 0 Å². The van der Waals surface area contributed by atoms with E-state index in [9.17, 15) is 0 Å². The van der Waals surface area contributed by atoms with E-state index >= 15 is 0 Å². The van der Waals surface area contributed by atoms with Gasteiger partial charge in [-0.15, -0.1) is 0 Å². The summed E-state index contributed by atoms with van der Waals surface area (Å²) in [6.07, 6.45) is 0. The fraction of sp³-hybridized carbons (Fsp3) is 0.0943. The standard InChI is InChI=1S/C53H41N/c1-52(2)46-27-15-13-25-43(46)44-32-30-39(34-48(44)52)54(50-29-16-14-24-41(50)36-18-7-4-8-19-36)40-31-33-45-49(35-40)53(3,38-22-11-6-12-23-38)47-28-17-26-42(51(45)47)37-20-9-5-10-21-37/h4-35H,1-3H3. The topological polar surface area (TPSA) is 3.24 Å². The van der Waals surface area contributed by atoms with E-state index in [2.05, 4.69) is 220 Å². The van der Waals surface area contributed by atoms with E-state index < -0.39 is 0 Å². The summed E-state index contributed by atoms with van der Waals surface area (Å²) in [5, 5.41) is 0. The van der Waals surface area contributed by atoms with Gasteiger partial charge in [-0.3, -0.25) is 0 Å². The zero-order chi connectivity index (χ0) is 36.4. The second kappa shape index (κ2) is 12.3. The Morgan fingerprint density at radius 2 is 0.852 bits per heavy atom. The van der Waals surface area contributed by atoms with Crippen molar-refractivity contribution in [3.05, 3.63) is 222 Å². The van der Waals surface area contributed by atoms with E-state index in [0.717, 1.165) is 17.1 Å². The van der Waals surface area contributed by atoms with Crippen molar-refractivity contribution >= 4 is 17.1 Å². The maximum Gasteiger partial charge on any atom is 0.0540 e. The highest BCUT2D eigenvalue weighted by atomic mass is 15.1. The molecule has 0 bridgehead atoms. The van der Waals surface area contributed by atoms with Crippen LogP contribution >= 0.6 is 0 Å². The lowest BCUT2D eigenvalue weighted by Crippen LogP contribution is -2.23. The lowest BCUT2D eigenvalue weighted by molar-refractivity contribution is 0.660. The summed E-state index contributed by atoms with van der Waals surface area (Å²) in [5.41, 5.74) is 19.8. The molecular weight excluding hydrogens is 651 g/mol. The molecule has 0 amide bonds. The molecule has 1 nitrogen and oxygen atoms in total. The number of benzene rings is 8. The van der Waals surface area contributed by atoms with Crippen molar-refractivity contribution in [2.75, 3.05) is 4.90 Å². The molecule has 1 atom stereocenters. The number of nitrogens with zero attached hydrogens (tertiary/aromatic N) is 1. The Morgan fingerprint density at radius 1 is 0.352 bits per heavy atom. The third-order valence-electron chi connectivity index (χ3n) is 12.2. The average Bonchev–Trinajstić information content (AvgIpc) is 3.63. The number of anilines is 3. The van der Waals surface area contributed by atoms with Crippen LogP contribution in [0.15, 0.2) is 194 Å². The van der Waals surface area contributed by atoms with E-state index in [0.29, 0.717) is 0 Å². The van der Waals surface area contributed by atoms with Gasteiger partial charge in [0.1, 0.15) is 0 Å². The first-order chi connectivity index (χ1) is 26.4. The molecule has 8 aromatic rings. The molecule has 0 fully saturated rings. The van der Waals surface area contributed by atoms with Crippen molar-refractivity contribution in [1.29, 1.82) is 0 Å². The minimum atomic E-state index is -0.362. The number of fused-ring (bicyclic) bond motifs is 6. The van der Waals surface area contributed by atoms with Gasteiger partial charge in [0.15, 0.2) is 0 Å². The van der Waals surface area contributed by atoms with Gasteiger partial charge in [-0.2, -0.15) is 0 Å². The largest absolute Gasteiger partial charge is 0.310 e. The monoisotopic (exact) mass is 691 g/mol. The van der Waals surface area contributed by atoms with E-state index in [1.807, 2.05) is 0 Å². The minimum Gasteiger partial charge on any atom is -0.310 e. The van der Waals surface area contributed by atoms with Crippen molar-refractivity contribution < 1.29 is 0 Å². The SMILES string of the molecule is CC1(C)c2ccccc2-c2ccc(N(c3ccc4c(c3)C(C)(c3ccccc3)c3cccc(-c5ccccc5)c3-4)c3ccccc3-c3ccccc3)cc21. The fourth-order valence-corrected chi connectivity index (χ4v) is 9.44. The van der Waals surface area contributed by atoms with Crippen molar-refractivity contribution in [1.82, 2.24) is 0 Å².